The van der Waals surface area contributed by atoms with Crippen molar-refractivity contribution in [2.75, 3.05) is 0 Å². The van der Waals surface area contributed by atoms with Crippen LogP contribution in [0.4, 0.5) is 0 Å². The highest BCUT2D eigenvalue weighted by Gasteiger charge is 2.21. The van der Waals surface area contributed by atoms with E-state index in [0.29, 0.717) is 18.6 Å². The van der Waals surface area contributed by atoms with Gasteiger partial charge >= 0.3 is 0 Å². The molecule has 1 saturated carbocycles. The molecule has 0 heterocycles. The molecular formula is C7H9NO. The maximum atomic E-state index is 10.6. The fraction of sp³-hybridized carbons (Fsp3) is 0.714. The predicted molar refractivity (Wildman–Crippen MR) is 33.9 cm³/mol. The van der Waals surface area contributed by atoms with Crippen LogP contribution < -0.4 is 0 Å². The van der Waals surface area contributed by atoms with E-state index in [1.54, 1.807) is 0 Å². The van der Waals surface area contributed by atoms with Crippen molar-refractivity contribution in [2.24, 2.45) is 0 Å². The maximum absolute atomic E-state index is 10.6. The summed E-state index contributed by atoms with van der Waals surface area (Å²) in [4.78, 5) is 14.0. The molecule has 1 aliphatic carbocycles. The van der Waals surface area contributed by atoms with E-state index < -0.39 is 0 Å². The molecular weight excluding hydrogens is 114 g/mol. The van der Waals surface area contributed by atoms with Crippen molar-refractivity contribution < 1.29 is 4.79 Å². The Kier molecular flexibility index (Phi) is 1.84. The first-order valence-electron chi connectivity index (χ1n) is 3.21. The molecule has 0 saturated heterocycles. The molecule has 0 atom stereocenters. The van der Waals surface area contributed by atoms with Gasteiger partial charge in [-0.15, -0.1) is 0 Å². The Balaban J connectivity index is 2.37. The lowest BCUT2D eigenvalue weighted by atomic mass is 9.95. The number of carbonyl (C=O) groups excluding carboxylic acids is 1. The summed E-state index contributed by atoms with van der Waals surface area (Å²) in [5.74, 6) is 0.329. The Labute approximate surface area is 54.7 Å². The highest BCUT2D eigenvalue weighted by atomic mass is 16.1. The van der Waals surface area contributed by atoms with E-state index in [9.17, 15) is 4.79 Å². The normalized spacial score (nSPS) is 21.4. The molecule has 0 bridgehead atoms. The van der Waals surface area contributed by atoms with Crippen molar-refractivity contribution in [3.05, 3.63) is 11.4 Å². The Bertz CT molecular complexity index is 147. The van der Waals surface area contributed by atoms with Crippen LogP contribution in [0.5, 0.6) is 0 Å². The molecule has 0 aromatic carbocycles. The Morgan fingerprint density at radius 3 is 2.44 bits per heavy atom. The fourth-order valence-electron chi connectivity index (χ4n) is 1.05. The largest absolute Gasteiger partial charge is 0.314 e. The van der Waals surface area contributed by atoms with Crippen LogP contribution in [0.3, 0.4) is 0 Å². The van der Waals surface area contributed by atoms with Gasteiger partial charge in [-0.05, 0) is 0 Å². The Morgan fingerprint density at radius 2 is 2.00 bits per heavy atom. The van der Waals surface area contributed by atoms with Crippen LogP contribution in [0, 0.1) is 6.57 Å². The molecule has 0 N–H and O–H groups in total. The number of hydrogen-bond donors (Lipinski definition) is 0. The van der Waals surface area contributed by atoms with E-state index >= 15 is 0 Å². The minimum absolute atomic E-state index is 0.141. The quantitative estimate of drug-likeness (QED) is 0.446. The summed E-state index contributed by atoms with van der Waals surface area (Å²) in [5, 5.41) is 0. The van der Waals surface area contributed by atoms with E-state index in [2.05, 4.69) is 4.85 Å². The summed E-state index contributed by atoms with van der Waals surface area (Å²) in [7, 11) is 0. The summed E-state index contributed by atoms with van der Waals surface area (Å²) in [6.45, 7) is 6.68. The minimum atomic E-state index is 0.141. The molecule has 9 heavy (non-hydrogen) atoms. The Hall–Kier alpha value is -0.840. The van der Waals surface area contributed by atoms with Crippen LogP contribution in [0.25, 0.3) is 4.85 Å². The molecule has 0 aromatic heterocycles. The Morgan fingerprint density at radius 1 is 1.44 bits per heavy atom. The molecule has 0 amide bonds. The fourth-order valence-corrected chi connectivity index (χ4v) is 1.05. The number of nitrogens with zero attached hydrogens (tertiary/aromatic N) is 1. The van der Waals surface area contributed by atoms with Crippen molar-refractivity contribution in [3.63, 3.8) is 0 Å². The van der Waals surface area contributed by atoms with E-state index in [0.717, 1.165) is 12.8 Å². The van der Waals surface area contributed by atoms with Crippen LogP contribution in [0.1, 0.15) is 25.7 Å². The van der Waals surface area contributed by atoms with Gasteiger partial charge in [-0.25, -0.2) is 6.57 Å². The third kappa shape index (κ3) is 1.53. The molecule has 0 aromatic rings. The van der Waals surface area contributed by atoms with Crippen molar-refractivity contribution in [1.29, 1.82) is 0 Å². The average molecular weight is 123 g/mol. The van der Waals surface area contributed by atoms with Gasteiger partial charge in [0.1, 0.15) is 5.78 Å². The molecule has 1 aliphatic rings. The lowest BCUT2D eigenvalue weighted by Gasteiger charge is -2.09. The SMILES string of the molecule is [C-]#[N+]C1CCC(=O)CC1. The van der Waals surface area contributed by atoms with Crippen molar-refractivity contribution in [1.82, 2.24) is 0 Å². The molecule has 0 radical (unpaired) electrons. The second-order valence-electron chi connectivity index (χ2n) is 2.40. The van der Waals surface area contributed by atoms with E-state index in [-0.39, 0.29) is 6.04 Å². The van der Waals surface area contributed by atoms with Crippen LogP contribution in [-0.2, 0) is 4.79 Å². The second kappa shape index (κ2) is 2.63. The predicted octanol–water partition coefficient (Wildman–Crippen LogP) is 1.42. The molecule has 2 heteroatoms. The van der Waals surface area contributed by atoms with Crippen LogP contribution in [0.15, 0.2) is 0 Å². The van der Waals surface area contributed by atoms with Gasteiger partial charge in [0.25, 0.3) is 0 Å². The monoisotopic (exact) mass is 123 g/mol. The lowest BCUT2D eigenvalue weighted by Crippen LogP contribution is -2.14. The van der Waals surface area contributed by atoms with Crippen molar-refractivity contribution >= 4 is 5.78 Å². The number of hydrogen-bond acceptors (Lipinski definition) is 1. The highest BCUT2D eigenvalue weighted by Crippen LogP contribution is 2.17. The third-order valence-corrected chi connectivity index (χ3v) is 1.70. The first-order chi connectivity index (χ1) is 4.33. The van der Waals surface area contributed by atoms with E-state index in [1.807, 2.05) is 0 Å². The van der Waals surface area contributed by atoms with E-state index in [4.69, 9.17) is 6.57 Å². The van der Waals surface area contributed by atoms with Gasteiger partial charge < -0.3 is 4.85 Å². The van der Waals surface area contributed by atoms with Gasteiger partial charge in [0, 0.05) is 25.7 Å². The summed E-state index contributed by atoms with van der Waals surface area (Å²) < 4.78 is 0. The molecule has 0 unspecified atom stereocenters. The maximum Gasteiger partial charge on any atom is 0.224 e. The van der Waals surface area contributed by atoms with Crippen LogP contribution >= 0.6 is 0 Å². The third-order valence-electron chi connectivity index (χ3n) is 1.70. The first-order valence-corrected chi connectivity index (χ1v) is 3.21. The number of rotatable bonds is 0. The van der Waals surface area contributed by atoms with Gasteiger partial charge in [-0.3, -0.25) is 4.79 Å². The van der Waals surface area contributed by atoms with Gasteiger partial charge in [0.15, 0.2) is 0 Å². The summed E-state index contributed by atoms with van der Waals surface area (Å²) >= 11 is 0. The topological polar surface area (TPSA) is 21.4 Å². The highest BCUT2D eigenvalue weighted by molar-refractivity contribution is 5.79. The number of carbonyl (C=O) groups is 1. The van der Waals surface area contributed by atoms with Gasteiger partial charge in [0.05, 0.1) is 0 Å². The summed E-state index contributed by atoms with van der Waals surface area (Å²) in [6.07, 6.45) is 2.85. The van der Waals surface area contributed by atoms with Crippen molar-refractivity contribution in [3.8, 4) is 0 Å². The lowest BCUT2D eigenvalue weighted by molar-refractivity contribution is -0.120. The average Bonchev–Trinajstić information content (AvgIpc) is 1.90. The molecule has 0 aliphatic heterocycles. The molecule has 48 valence electrons. The standard InChI is InChI=1S/C7H9NO/c1-8-6-2-4-7(9)5-3-6/h6H,2-5H2. The van der Waals surface area contributed by atoms with Gasteiger partial charge in [0.2, 0.25) is 6.04 Å². The second-order valence-corrected chi connectivity index (χ2v) is 2.40. The number of ketones is 1. The smallest absolute Gasteiger partial charge is 0.224 e. The minimum Gasteiger partial charge on any atom is -0.314 e. The summed E-state index contributed by atoms with van der Waals surface area (Å²) in [6, 6.07) is 0.141. The van der Waals surface area contributed by atoms with Crippen LogP contribution in [0.2, 0.25) is 0 Å². The van der Waals surface area contributed by atoms with Gasteiger partial charge in [-0.1, -0.05) is 0 Å². The zero-order valence-electron chi connectivity index (χ0n) is 5.26. The zero-order chi connectivity index (χ0) is 6.69. The zero-order valence-corrected chi connectivity index (χ0v) is 5.26. The number of Topliss-reactive ketones (excluding diaryl/α,β-unsaturated/α-hetero) is 1. The van der Waals surface area contributed by atoms with Crippen LogP contribution in [-0.4, -0.2) is 11.8 Å². The molecule has 0 spiro atoms. The summed E-state index contributed by atoms with van der Waals surface area (Å²) in [5.41, 5.74) is 0. The molecule has 2 nitrogen and oxygen atoms in total. The van der Waals surface area contributed by atoms with E-state index in [1.165, 1.54) is 0 Å². The van der Waals surface area contributed by atoms with Gasteiger partial charge in [-0.2, -0.15) is 0 Å². The molecule has 1 fully saturated rings. The van der Waals surface area contributed by atoms with Crippen molar-refractivity contribution in [2.45, 2.75) is 31.7 Å². The first kappa shape index (κ1) is 6.28. The molecule has 1 rings (SSSR count).